The van der Waals surface area contributed by atoms with Gasteiger partial charge >= 0.3 is 0 Å². The molecule has 0 aliphatic carbocycles. The van der Waals surface area contributed by atoms with E-state index in [9.17, 15) is 48.5 Å². The number of carbonyl (C=O) groups excluding carboxylic acids is 2. The first-order chi connectivity index (χ1) is 19.9. The van der Waals surface area contributed by atoms with Gasteiger partial charge < -0.3 is 21.1 Å². The molecule has 0 saturated heterocycles. The van der Waals surface area contributed by atoms with Gasteiger partial charge in [-0.15, -0.1) is 0 Å². The molecule has 4 rings (SSSR count). The monoisotopic (exact) mass is 651 g/mol. The summed E-state index contributed by atoms with van der Waals surface area (Å²) in [5.74, 6) is -1.38. The van der Waals surface area contributed by atoms with Crippen molar-refractivity contribution >= 4 is 70.0 Å². The van der Waals surface area contributed by atoms with Crippen LogP contribution in [0.5, 0.6) is 5.75 Å². The smallest absolute Gasteiger partial charge is 0.295 e. The predicted molar refractivity (Wildman–Crippen MR) is 153 cm³/mol. The van der Waals surface area contributed by atoms with Crippen LogP contribution in [0.4, 0.5) is 17.1 Å². The Labute approximate surface area is 244 Å². The van der Waals surface area contributed by atoms with Gasteiger partial charge in [-0.25, -0.2) is 0 Å². The molecule has 0 saturated carbocycles. The van der Waals surface area contributed by atoms with Crippen molar-refractivity contribution in [2.45, 2.75) is 14.7 Å². The molecule has 0 aliphatic rings. The predicted octanol–water partition coefficient (Wildman–Crippen LogP) is 2.68. The zero-order valence-corrected chi connectivity index (χ0v) is 24.1. The second kappa shape index (κ2) is 11.2. The molecule has 43 heavy (non-hydrogen) atoms. The number of anilines is 3. The normalized spacial score (nSPS) is 12.1. The molecule has 0 bridgehead atoms. The van der Waals surface area contributed by atoms with Crippen molar-refractivity contribution < 1.29 is 53.2 Å². The molecular weight excluding hydrogens is 630 g/mol. The fourth-order valence-electron chi connectivity index (χ4n) is 4.09. The van der Waals surface area contributed by atoms with E-state index in [0.29, 0.717) is 17.8 Å². The number of rotatable bonds is 8. The zero-order valence-electron chi connectivity index (χ0n) is 21.7. The molecule has 0 aromatic heterocycles. The van der Waals surface area contributed by atoms with Crippen molar-refractivity contribution in [1.82, 2.24) is 0 Å². The fourth-order valence-corrected chi connectivity index (χ4v) is 6.13. The Morgan fingerprint density at radius 2 is 1.30 bits per heavy atom. The number of nitrogen functional groups attached to an aromatic ring is 1. The van der Waals surface area contributed by atoms with E-state index in [1.165, 1.54) is 37.4 Å². The van der Waals surface area contributed by atoms with E-state index >= 15 is 0 Å². The first kappa shape index (κ1) is 31.3. The van der Waals surface area contributed by atoms with E-state index < -0.39 is 73.3 Å². The van der Waals surface area contributed by atoms with Crippen LogP contribution >= 0.6 is 0 Å². The number of benzene rings is 4. The molecule has 0 atom stereocenters. The number of ether oxygens (including phenoxy) is 1. The average molecular weight is 652 g/mol. The number of nitrogens with one attached hydrogen (secondary N) is 2. The minimum Gasteiger partial charge on any atom is -0.495 e. The molecule has 4 aromatic carbocycles. The van der Waals surface area contributed by atoms with Gasteiger partial charge in [0.2, 0.25) is 0 Å². The summed E-state index contributed by atoms with van der Waals surface area (Å²) in [5.41, 5.74) is 5.73. The third-order valence-corrected chi connectivity index (χ3v) is 8.59. The van der Waals surface area contributed by atoms with Gasteiger partial charge in [0, 0.05) is 27.6 Å². The van der Waals surface area contributed by atoms with Crippen LogP contribution in [-0.4, -0.2) is 57.8 Å². The molecule has 0 unspecified atom stereocenters. The van der Waals surface area contributed by atoms with Crippen molar-refractivity contribution in [3.05, 3.63) is 77.9 Å². The van der Waals surface area contributed by atoms with E-state index in [1.54, 1.807) is 12.1 Å². The summed E-state index contributed by atoms with van der Waals surface area (Å²) in [7, 11) is -14.3. The molecule has 0 radical (unpaired) electrons. The topological polar surface area (TPSA) is 257 Å². The third-order valence-electron chi connectivity index (χ3n) is 5.97. The van der Waals surface area contributed by atoms with Crippen molar-refractivity contribution in [2.24, 2.45) is 0 Å². The SMILES string of the molecule is COc1ccc(C(=O)Nc2ccc(S(=O)(=O)O)c3cc(S(=O)(=O)O)cc(S(=O)(=O)O)c23)cc1NC(=O)c1cccc(N)c1. The molecule has 0 fully saturated rings. The van der Waals surface area contributed by atoms with Gasteiger partial charge in [0.25, 0.3) is 42.2 Å². The van der Waals surface area contributed by atoms with Gasteiger partial charge in [0.05, 0.1) is 23.4 Å². The molecular formula is C25H21N3O12S3. The van der Waals surface area contributed by atoms with Gasteiger partial charge in [-0.1, -0.05) is 6.07 Å². The quantitative estimate of drug-likeness (QED) is 0.118. The third kappa shape index (κ3) is 6.74. The number of carbonyl (C=O) groups is 2. The summed E-state index contributed by atoms with van der Waals surface area (Å²) in [4.78, 5) is 22.7. The Kier molecular flexibility index (Phi) is 8.20. The van der Waals surface area contributed by atoms with Gasteiger partial charge in [-0.05, 0) is 60.7 Å². The maximum absolute atomic E-state index is 13.3. The first-order valence-corrected chi connectivity index (χ1v) is 15.9. The largest absolute Gasteiger partial charge is 0.495 e. The fraction of sp³-hybridized carbons (Fsp3) is 0.0400. The molecule has 0 aliphatic heterocycles. The highest BCUT2D eigenvalue weighted by Gasteiger charge is 2.27. The van der Waals surface area contributed by atoms with Crippen LogP contribution in [-0.2, 0) is 30.4 Å². The summed E-state index contributed by atoms with van der Waals surface area (Å²) >= 11 is 0. The summed E-state index contributed by atoms with van der Waals surface area (Å²) in [6.45, 7) is 0. The van der Waals surface area contributed by atoms with E-state index in [0.717, 1.165) is 12.1 Å². The van der Waals surface area contributed by atoms with Crippen LogP contribution in [0.3, 0.4) is 0 Å². The average Bonchev–Trinajstić information content (AvgIpc) is 2.90. The second-order valence-corrected chi connectivity index (χ2v) is 13.0. The van der Waals surface area contributed by atoms with Gasteiger partial charge in [0.1, 0.15) is 15.5 Å². The Balaban J connectivity index is 1.84. The van der Waals surface area contributed by atoms with Crippen molar-refractivity contribution in [2.75, 3.05) is 23.5 Å². The van der Waals surface area contributed by atoms with Crippen molar-refractivity contribution in [1.29, 1.82) is 0 Å². The summed E-state index contributed by atoms with van der Waals surface area (Å²) in [5, 5.41) is 3.44. The van der Waals surface area contributed by atoms with E-state index in [1.807, 2.05) is 0 Å². The van der Waals surface area contributed by atoms with Gasteiger partial charge in [-0.3, -0.25) is 23.2 Å². The lowest BCUT2D eigenvalue weighted by Crippen LogP contribution is -2.16. The minimum atomic E-state index is -5.33. The Morgan fingerprint density at radius 1 is 0.698 bits per heavy atom. The number of nitrogens with two attached hydrogens (primary N) is 1. The van der Waals surface area contributed by atoms with Crippen molar-refractivity contribution in [3.8, 4) is 5.75 Å². The summed E-state index contributed by atoms with van der Waals surface area (Å²) in [6.07, 6.45) is 0. The number of methoxy groups -OCH3 is 1. The van der Waals surface area contributed by atoms with Crippen LogP contribution < -0.4 is 21.1 Å². The highest BCUT2D eigenvalue weighted by Crippen LogP contribution is 2.37. The summed E-state index contributed by atoms with van der Waals surface area (Å²) in [6, 6.07) is 12.4. The minimum absolute atomic E-state index is 0.0468. The Morgan fingerprint density at radius 3 is 1.86 bits per heavy atom. The van der Waals surface area contributed by atoms with Crippen LogP contribution in [0.1, 0.15) is 20.7 Å². The van der Waals surface area contributed by atoms with Crippen LogP contribution in [0.2, 0.25) is 0 Å². The van der Waals surface area contributed by atoms with Gasteiger partial charge in [-0.2, -0.15) is 25.3 Å². The maximum atomic E-state index is 13.3. The molecule has 4 aromatic rings. The van der Waals surface area contributed by atoms with E-state index in [-0.39, 0.29) is 22.6 Å². The lowest BCUT2D eigenvalue weighted by molar-refractivity contribution is 0.101. The van der Waals surface area contributed by atoms with E-state index in [4.69, 9.17) is 10.5 Å². The molecule has 18 heteroatoms. The molecule has 15 nitrogen and oxygen atoms in total. The lowest BCUT2D eigenvalue weighted by atomic mass is 10.1. The second-order valence-electron chi connectivity index (χ2n) is 8.83. The zero-order chi connectivity index (χ0) is 31.9. The van der Waals surface area contributed by atoms with Crippen LogP contribution in [0.15, 0.2) is 81.4 Å². The number of hydrogen-bond acceptors (Lipinski definition) is 10. The lowest BCUT2D eigenvalue weighted by Gasteiger charge is -2.16. The molecule has 0 spiro atoms. The van der Waals surface area contributed by atoms with E-state index in [2.05, 4.69) is 10.6 Å². The number of hydrogen-bond donors (Lipinski definition) is 6. The summed E-state index contributed by atoms with van der Waals surface area (Å²) < 4.78 is 106. The Hall–Kier alpha value is -4.59. The van der Waals surface area contributed by atoms with Crippen LogP contribution in [0, 0.1) is 0 Å². The first-order valence-electron chi connectivity index (χ1n) is 11.6. The maximum Gasteiger partial charge on any atom is 0.295 e. The van der Waals surface area contributed by atoms with Gasteiger partial charge in [0.15, 0.2) is 0 Å². The Bertz CT molecular complexity index is 2150. The highest BCUT2D eigenvalue weighted by atomic mass is 32.2. The molecule has 226 valence electrons. The molecule has 0 heterocycles. The number of amides is 2. The number of fused-ring (bicyclic) bond motifs is 1. The molecule has 2 amide bonds. The van der Waals surface area contributed by atoms with Crippen LogP contribution in [0.25, 0.3) is 10.8 Å². The standard InChI is InChI=1S/C25H21N3O12S3/c1-40-20-7-5-14(10-19(20)28-24(29)13-3-2-4-15(26)9-13)25(30)27-18-6-8-21(42(34,35)36)17-11-16(41(31,32)33)12-22(23(17)18)43(37,38)39/h2-12H,26H2,1H3,(H,27,30)(H,28,29)(H,31,32,33)(H,34,35,36)(H,37,38,39). The van der Waals surface area contributed by atoms with Crippen molar-refractivity contribution in [3.63, 3.8) is 0 Å². The highest BCUT2D eigenvalue weighted by molar-refractivity contribution is 7.87. The molecule has 7 N–H and O–H groups in total.